The van der Waals surface area contributed by atoms with E-state index in [1.165, 1.54) is 0 Å². The molecule has 0 fully saturated rings. The summed E-state index contributed by atoms with van der Waals surface area (Å²) < 4.78 is 23.6. The van der Waals surface area contributed by atoms with Gasteiger partial charge in [0.1, 0.15) is 5.01 Å². The van der Waals surface area contributed by atoms with Gasteiger partial charge >= 0.3 is 0 Å². The molecule has 7 heteroatoms. The van der Waals surface area contributed by atoms with Crippen LogP contribution in [-0.4, -0.2) is 26.6 Å². The molecule has 0 aliphatic rings. The smallest absolute Gasteiger partial charge is 0.206 e. The largest absolute Gasteiger partial charge is 0.410 e. The minimum Gasteiger partial charge on any atom is -0.410 e. The fourth-order valence-corrected chi connectivity index (χ4v) is 4.81. The summed E-state index contributed by atoms with van der Waals surface area (Å²) in [5.41, 5.74) is 0.841. The third-order valence-corrected chi connectivity index (χ3v) is 10.9. The van der Waals surface area contributed by atoms with Gasteiger partial charge in [-0.05, 0) is 25.1 Å². The Balaban J connectivity index is 2.63. The van der Waals surface area contributed by atoms with E-state index in [0.29, 0.717) is 19.4 Å². The summed E-state index contributed by atoms with van der Waals surface area (Å²) in [6.45, 7) is 15.7. The van der Waals surface area contributed by atoms with Crippen LogP contribution in [0.5, 0.6) is 0 Å². The van der Waals surface area contributed by atoms with E-state index in [2.05, 4.69) is 38.8 Å². The molecule has 0 aromatic carbocycles. The molecule has 0 aliphatic heterocycles. The second-order valence-corrected chi connectivity index (χ2v) is 15.2. The van der Waals surface area contributed by atoms with Gasteiger partial charge in [0, 0.05) is 12.0 Å². The van der Waals surface area contributed by atoms with Crippen LogP contribution in [0.15, 0.2) is 5.38 Å². The third-order valence-electron chi connectivity index (χ3n) is 3.81. The van der Waals surface area contributed by atoms with Gasteiger partial charge in [-0.15, -0.1) is 11.3 Å². The monoisotopic (exact) mass is 349 g/mol. The zero-order valence-corrected chi connectivity index (χ0v) is 16.9. The molecule has 0 amide bonds. The SMILES string of the molecule is CCOP(C)(=O)Cc1csc(CO[Si](C)(C)C(C)(C)C)n1. The van der Waals surface area contributed by atoms with E-state index in [9.17, 15) is 4.57 Å². The molecule has 1 rings (SSSR count). The summed E-state index contributed by atoms with van der Waals surface area (Å²) in [5, 5.41) is 3.10. The number of nitrogens with zero attached hydrogens (tertiary/aromatic N) is 1. The Bertz CT molecular complexity index is 511. The second kappa shape index (κ2) is 7.05. The molecule has 0 spiro atoms. The van der Waals surface area contributed by atoms with Crippen LogP contribution in [0.2, 0.25) is 18.1 Å². The molecule has 1 aromatic heterocycles. The Kier molecular flexibility index (Phi) is 6.39. The van der Waals surface area contributed by atoms with Crippen LogP contribution in [0, 0.1) is 0 Å². The fraction of sp³-hybridized carbons (Fsp3) is 0.786. The zero-order chi connectivity index (χ0) is 16.3. The van der Waals surface area contributed by atoms with E-state index in [1.54, 1.807) is 18.0 Å². The highest BCUT2D eigenvalue weighted by Crippen LogP contribution is 2.46. The van der Waals surface area contributed by atoms with Gasteiger partial charge < -0.3 is 8.95 Å². The van der Waals surface area contributed by atoms with Crippen molar-refractivity contribution < 1.29 is 13.5 Å². The highest BCUT2D eigenvalue weighted by atomic mass is 32.1. The first-order valence-corrected chi connectivity index (χ1v) is 13.3. The number of thiazole rings is 1. The van der Waals surface area contributed by atoms with E-state index in [4.69, 9.17) is 8.95 Å². The standard InChI is InChI=1S/C14H28NO3PSSi/c1-8-17-19(5,16)10-12-11-20-13(15-12)9-18-21(6,7)14(2,3)4/h11H,8-10H2,1-7H3. The predicted molar refractivity (Wildman–Crippen MR) is 93.0 cm³/mol. The minimum absolute atomic E-state index is 0.196. The van der Waals surface area contributed by atoms with Gasteiger partial charge in [-0.25, -0.2) is 4.98 Å². The molecule has 0 saturated carbocycles. The summed E-state index contributed by atoms with van der Waals surface area (Å²) in [5.74, 6) is 0. The molecule has 0 saturated heterocycles. The average Bonchev–Trinajstić information content (AvgIpc) is 2.71. The van der Waals surface area contributed by atoms with Gasteiger partial charge in [-0.2, -0.15) is 0 Å². The van der Waals surface area contributed by atoms with E-state index >= 15 is 0 Å². The summed E-state index contributed by atoms with van der Waals surface area (Å²) in [4.78, 5) is 4.53. The summed E-state index contributed by atoms with van der Waals surface area (Å²) in [7, 11) is -4.32. The number of aromatic nitrogens is 1. The lowest BCUT2D eigenvalue weighted by Gasteiger charge is -2.35. The van der Waals surface area contributed by atoms with Crippen LogP contribution in [-0.2, 0) is 26.3 Å². The Morgan fingerprint density at radius 1 is 1.38 bits per heavy atom. The van der Waals surface area contributed by atoms with Gasteiger partial charge in [-0.3, -0.25) is 4.57 Å². The van der Waals surface area contributed by atoms with Crippen LogP contribution in [0.1, 0.15) is 38.4 Å². The van der Waals surface area contributed by atoms with Crippen molar-refractivity contribution in [1.29, 1.82) is 0 Å². The van der Waals surface area contributed by atoms with E-state index < -0.39 is 15.7 Å². The minimum atomic E-state index is -2.57. The molecule has 1 atom stereocenters. The summed E-state index contributed by atoms with van der Waals surface area (Å²) in [6, 6.07) is 0. The first-order chi connectivity index (χ1) is 9.47. The van der Waals surface area contributed by atoms with Crippen LogP contribution < -0.4 is 0 Å². The molecule has 4 nitrogen and oxygen atoms in total. The van der Waals surface area contributed by atoms with Crippen molar-refractivity contribution in [3.8, 4) is 0 Å². The molecule has 122 valence electrons. The first kappa shape index (κ1) is 19.0. The van der Waals surface area contributed by atoms with Crippen LogP contribution in [0.3, 0.4) is 0 Å². The molecule has 0 aliphatic carbocycles. The normalized spacial score (nSPS) is 16.0. The molecule has 1 heterocycles. The Hall–Kier alpha value is -0.00312. The Morgan fingerprint density at radius 3 is 2.52 bits per heavy atom. The molecule has 0 N–H and O–H groups in total. The molecule has 21 heavy (non-hydrogen) atoms. The number of rotatable bonds is 7. The van der Waals surface area contributed by atoms with Crippen LogP contribution >= 0.6 is 18.7 Å². The number of hydrogen-bond acceptors (Lipinski definition) is 5. The maximum atomic E-state index is 12.2. The van der Waals surface area contributed by atoms with Crippen molar-refractivity contribution in [2.45, 2.75) is 58.6 Å². The lowest BCUT2D eigenvalue weighted by molar-refractivity contribution is 0.275. The maximum Gasteiger partial charge on any atom is 0.206 e. The van der Waals surface area contributed by atoms with Crippen LogP contribution in [0.25, 0.3) is 0 Å². The van der Waals surface area contributed by atoms with Crippen molar-refractivity contribution in [2.24, 2.45) is 0 Å². The quantitative estimate of drug-likeness (QED) is 0.507. The van der Waals surface area contributed by atoms with Crippen molar-refractivity contribution in [1.82, 2.24) is 4.98 Å². The zero-order valence-electron chi connectivity index (χ0n) is 14.2. The van der Waals surface area contributed by atoms with Crippen molar-refractivity contribution in [2.75, 3.05) is 13.3 Å². The molecular formula is C14H28NO3PSSi. The Labute approximate surface area is 133 Å². The topological polar surface area (TPSA) is 48.4 Å². The molecule has 0 bridgehead atoms. The molecule has 0 radical (unpaired) electrons. The molecular weight excluding hydrogens is 321 g/mol. The lowest BCUT2D eigenvalue weighted by Crippen LogP contribution is -2.40. The van der Waals surface area contributed by atoms with Gasteiger partial charge in [0.05, 0.1) is 25.1 Å². The summed E-state index contributed by atoms with van der Waals surface area (Å²) >= 11 is 1.57. The van der Waals surface area contributed by atoms with E-state index in [1.807, 2.05) is 12.3 Å². The molecule has 1 unspecified atom stereocenters. The van der Waals surface area contributed by atoms with E-state index in [-0.39, 0.29) is 5.04 Å². The second-order valence-electron chi connectivity index (χ2n) is 6.87. The summed E-state index contributed by atoms with van der Waals surface area (Å²) in [6.07, 6.45) is 0.400. The van der Waals surface area contributed by atoms with Gasteiger partial charge in [0.2, 0.25) is 7.37 Å². The fourth-order valence-electron chi connectivity index (χ4n) is 1.56. The lowest BCUT2D eigenvalue weighted by atomic mass is 10.2. The predicted octanol–water partition coefficient (Wildman–Crippen LogP) is 5.11. The van der Waals surface area contributed by atoms with Crippen molar-refractivity contribution in [3.05, 3.63) is 16.1 Å². The van der Waals surface area contributed by atoms with Crippen molar-refractivity contribution >= 4 is 27.0 Å². The highest BCUT2D eigenvalue weighted by Gasteiger charge is 2.37. The number of hydrogen-bond donors (Lipinski definition) is 0. The third kappa shape index (κ3) is 5.95. The van der Waals surface area contributed by atoms with Crippen molar-refractivity contribution in [3.63, 3.8) is 0 Å². The molecule has 1 aromatic rings. The van der Waals surface area contributed by atoms with Gasteiger partial charge in [-0.1, -0.05) is 20.8 Å². The van der Waals surface area contributed by atoms with Gasteiger partial charge in [0.15, 0.2) is 8.32 Å². The first-order valence-electron chi connectivity index (χ1n) is 7.25. The van der Waals surface area contributed by atoms with Gasteiger partial charge in [0.25, 0.3) is 0 Å². The highest BCUT2D eigenvalue weighted by molar-refractivity contribution is 7.57. The average molecular weight is 350 g/mol. The van der Waals surface area contributed by atoms with E-state index in [0.717, 1.165) is 10.7 Å². The van der Waals surface area contributed by atoms with Crippen LogP contribution in [0.4, 0.5) is 0 Å². The Morgan fingerprint density at radius 2 is 2.00 bits per heavy atom. The maximum absolute atomic E-state index is 12.2.